The Labute approximate surface area is 325 Å². The van der Waals surface area contributed by atoms with Crippen molar-refractivity contribution in [2.45, 2.75) is 47.0 Å². The number of ketones is 2. The molecule has 5 rings (SSSR count). The fraction of sp³-hybridized carbons (Fsp3) is 0.174. The first-order valence-electron chi connectivity index (χ1n) is 18.0. The zero-order chi connectivity index (χ0) is 40.4. The Hall–Kier alpha value is -7.12. The monoisotopic (exact) mass is 746 g/mol. The van der Waals surface area contributed by atoms with Crippen molar-refractivity contribution in [1.82, 2.24) is 0 Å². The van der Waals surface area contributed by atoms with E-state index in [1.54, 1.807) is 111 Å². The second kappa shape index (κ2) is 18.3. The maximum atomic E-state index is 13.2. The molecule has 5 aromatic carbocycles. The third kappa shape index (κ3) is 10.7. The molecule has 0 saturated carbocycles. The Bertz CT molecular complexity index is 2360. The van der Waals surface area contributed by atoms with Gasteiger partial charge in [-0.1, -0.05) is 54.1 Å². The molecule has 4 N–H and O–H groups in total. The summed E-state index contributed by atoms with van der Waals surface area (Å²) in [6.45, 7) is 7.44. The highest BCUT2D eigenvalue weighted by atomic mass is 16.3. The van der Waals surface area contributed by atoms with E-state index in [9.17, 15) is 34.3 Å². The van der Waals surface area contributed by atoms with Crippen LogP contribution in [-0.2, 0) is 16.0 Å². The van der Waals surface area contributed by atoms with E-state index in [-0.39, 0.29) is 48.4 Å². The molecule has 5 aromatic rings. The van der Waals surface area contributed by atoms with Crippen molar-refractivity contribution < 1.29 is 29.1 Å². The van der Waals surface area contributed by atoms with E-state index in [1.165, 1.54) is 0 Å². The Morgan fingerprint density at radius 2 is 1.27 bits per heavy atom. The van der Waals surface area contributed by atoms with Crippen LogP contribution in [0.25, 0.3) is 6.08 Å². The minimum Gasteiger partial charge on any atom is -0.508 e. The number of phenolic OH excluding ortho intramolecular Hbond substituents is 1. The molecule has 1 unspecified atom stereocenters. The van der Waals surface area contributed by atoms with Crippen LogP contribution in [0, 0.1) is 38.0 Å². The van der Waals surface area contributed by atoms with Gasteiger partial charge in [0, 0.05) is 53.0 Å². The fourth-order valence-electron chi connectivity index (χ4n) is 5.98. The van der Waals surface area contributed by atoms with E-state index >= 15 is 0 Å². The number of phenols is 1. The molecule has 0 fully saturated rings. The van der Waals surface area contributed by atoms with Crippen LogP contribution in [-0.4, -0.2) is 34.4 Å². The number of anilines is 3. The molecule has 0 bridgehead atoms. The number of Topliss-reactive ketones (excluding diaryl/α,β-unsaturated/α-hetero) is 2. The highest BCUT2D eigenvalue weighted by molar-refractivity contribution is 6.07. The maximum Gasteiger partial charge on any atom is 0.255 e. The lowest BCUT2D eigenvalue weighted by molar-refractivity contribution is -0.119. The summed E-state index contributed by atoms with van der Waals surface area (Å²) >= 11 is 0. The van der Waals surface area contributed by atoms with Crippen LogP contribution in [0.15, 0.2) is 115 Å². The van der Waals surface area contributed by atoms with E-state index in [0.29, 0.717) is 39.2 Å². The summed E-state index contributed by atoms with van der Waals surface area (Å²) in [5.74, 6) is -2.34. The molecule has 0 spiro atoms. The summed E-state index contributed by atoms with van der Waals surface area (Å²) in [6, 6.07) is 32.1. The van der Waals surface area contributed by atoms with Gasteiger partial charge in [-0.05, 0) is 122 Å². The van der Waals surface area contributed by atoms with Crippen molar-refractivity contribution in [1.29, 1.82) is 5.26 Å². The minimum absolute atomic E-state index is 0.0894. The second-order valence-corrected chi connectivity index (χ2v) is 13.7. The molecule has 1 atom stereocenters. The van der Waals surface area contributed by atoms with Gasteiger partial charge in [-0.3, -0.25) is 24.0 Å². The topological polar surface area (TPSA) is 165 Å². The fourth-order valence-corrected chi connectivity index (χ4v) is 5.98. The number of amides is 3. The molecule has 282 valence electrons. The molecular weight excluding hydrogens is 705 g/mol. The summed E-state index contributed by atoms with van der Waals surface area (Å²) < 4.78 is 0. The smallest absolute Gasteiger partial charge is 0.255 e. The maximum absolute atomic E-state index is 13.2. The lowest BCUT2D eigenvalue weighted by Crippen LogP contribution is -2.25. The first-order valence-corrected chi connectivity index (χ1v) is 18.0. The summed E-state index contributed by atoms with van der Waals surface area (Å²) in [7, 11) is 0. The molecule has 0 aliphatic heterocycles. The lowest BCUT2D eigenvalue weighted by Gasteiger charge is -2.14. The van der Waals surface area contributed by atoms with Crippen molar-refractivity contribution in [3.05, 3.63) is 159 Å². The molecule has 0 saturated heterocycles. The molecule has 10 heteroatoms. The molecule has 10 nitrogen and oxygen atoms in total. The Morgan fingerprint density at radius 1 is 0.696 bits per heavy atom. The van der Waals surface area contributed by atoms with E-state index in [0.717, 1.165) is 27.9 Å². The second-order valence-electron chi connectivity index (χ2n) is 13.7. The molecule has 0 aliphatic carbocycles. The zero-order valence-electron chi connectivity index (χ0n) is 31.6. The van der Waals surface area contributed by atoms with Crippen molar-refractivity contribution in [3.8, 4) is 11.8 Å². The minimum atomic E-state index is -0.918. The predicted molar refractivity (Wildman–Crippen MR) is 218 cm³/mol. The highest BCUT2D eigenvalue weighted by Crippen LogP contribution is 2.23. The average molecular weight is 747 g/mol. The molecular formula is C46H42N4O6. The number of nitrogens with zero attached hydrogens (tertiary/aromatic N) is 1. The predicted octanol–water partition coefficient (Wildman–Crippen LogP) is 8.78. The van der Waals surface area contributed by atoms with Gasteiger partial charge in [0.15, 0.2) is 11.6 Å². The average Bonchev–Trinajstić information content (AvgIpc) is 3.17. The van der Waals surface area contributed by atoms with Gasteiger partial charge in [0.2, 0.25) is 5.91 Å². The number of nitriles is 1. The van der Waals surface area contributed by atoms with Crippen LogP contribution >= 0.6 is 0 Å². The summed E-state index contributed by atoms with van der Waals surface area (Å²) in [6.07, 6.45) is 1.50. The number of carbonyl (C=O) groups is 5. The van der Waals surface area contributed by atoms with Gasteiger partial charge in [0.25, 0.3) is 11.8 Å². The lowest BCUT2D eigenvalue weighted by atomic mass is 9.94. The Kier molecular flexibility index (Phi) is 13.1. The van der Waals surface area contributed by atoms with Crippen molar-refractivity contribution >= 4 is 52.4 Å². The number of hydrogen-bond donors (Lipinski definition) is 4. The van der Waals surface area contributed by atoms with E-state index in [1.807, 2.05) is 38.1 Å². The molecule has 0 aliphatic rings. The third-order valence-corrected chi connectivity index (χ3v) is 9.28. The van der Waals surface area contributed by atoms with E-state index < -0.39 is 11.8 Å². The Balaban J connectivity index is 1.13. The number of rotatable bonds is 14. The highest BCUT2D eigenvalue weighted by Gasteiger charge is 2.23. The van der Waals surface area contributed by atoms with Gasteiger partial charge in [-0.15, -0.1) is 0 Å². The summed E-state index contributed by atoms with van der Waals surface area (Å²) in [5, 5.41) is 27.4. The molecule has 0 aromatic heterocycles. The Morgan fingerprint density at radius 3 is 1.88 bits per heavy atom. The molecule has 0 radical (unpaired) electrons. The largest absolute Gasteiger partial charge is 0.508 e. The quantitative estimate of drug-likeness (QED) is 0.0651. The number of aromatic hydroxyl groups is 1. The number of nitrogens with one attached hydrogen (secondary N) is 3. The van der Waals surface area contributed by atoms with Gasteiger partial charge in [-0.2, -0.15) is 5.26 Å². The van der Waals surface area contributed by atoms with Gasteiger partial charge in [0.1, 0.15) is 5.75 Å². The molecule has 0 heterocycles. The molecule has 3 amide bonds. The van der Waals surface area contributed by atoms with Gasteiger partial charge in [0.05, 0.1) is 12.0 Å². The first-order chi connectivity index (χ1) is 26.8. The zero-order valence-corrected chi connectivity index (χ0v) is 31.6. The van der Waals surface area contributed by atoms with Gasteiger partial charge >= 0.3 is 0 Å². The van der Waals surface area contributed by atoms with Crippen molar-refractivity contribution in [3.63, 3.8) is 0 Å². The van der Waals surface area contributed by atoms with Crippen LogP contribution in [0.2, 0.25) is 0 Å². The van der Waals surface area contributed by atoms with Crippen LogP contribution in [0.5, 0.6) is 5.75 Å². The van der Waals surface area contributed by atoms with Gasteiger partial charge in [-0.25, -0.2) is 0 Å². The number of carbonyl (C=O) groups excluding carboxylic acids is 5. The number of benzene rings is 5. The van der Waals surface area contributed by atoms with Gasteiger partial charge < -0.3 is 21.1 Å². The van der Waals surface area contributed by atoms with Crippen LogP contribution in [0.3, 0.4) is 0 Å². The van der Waals surface area contributed by atoms with E-state index in [4.69, 9.17) is 0 Å². The normalized spacial score (nSPS) is 11.5. The summed E-state index contributed by atoms with van der Waals surface area (Å²) in [4.78, 5) is 65.1. The molecule has 56 heavy (non-hydrogen) atoms. The first kappa shape index (κ1) is 40.1. The van der Waals surface area contributed by atoms with Crippen molar-refractivity contribution in [2.75, 3.05) is 16.0 Å². The van der Waals surface area contributed by atoms with Crippen LogP contribution in [0.1, 0.15) is 78.7 Å². The summed E-state index contributed by atoms with van der Waals surface area (Å²) in [5.41, 5.74) is 7.61. The van der Waals surface area contributed by atoms with Crippen LogP contribution in [0.4, 0.5) is 17.1 Å². The standard InChI is InChI=1S/C46H42N4O6/c1-28-5-19-40(29(2)23-28)50-46(56)36-14-20-41(30(3)25-36)49-44(54)35-12-15-38(16-13-35)48-45(55)37(21-22-47)27-43(53)34-10-6-33(7-11-34)26-42(52)31(4)24-32-8-17-39(51)18-9-32/h5-20,23-25,37,51H,21,26-27H2,1-4H3,(H,48,55)(H,49,54)(H,50,56)/b31-24+. The van der Waals surface area contributed by atoms with Crippen molar-refractivity contribution in [2.24, 2.45) is 5.92 Å². The number of aryl methyl sites for hydroxylation is 3. The van der Waals surface area contributed by atoms with E-state index in [2.05, 4.69) is 16.0 Å². The number of hydrogen-bond acceptors (Lipinski definition) is 7. The number of allylic oxidation sites excluding steroid dienone is 1. The van der Waals surface area contributed by atoms with Crippen LogP contribution < -0.4 is 16.0 Å². The third-order valence-electron chi connectivity index (χ3n) is 9.28. The SMILES string of the molecule is C/C(=C\c1ccc(O)cc1)C(=O)Cc1ccc(C(=O)CC(CC#N)C(=O)Nc2ccc(C(=O)Nc3ccc(C(=O)Nc4ccc(C)cc4C)cc3C)cc2)cc1.